The molecule has 5 rings (SSSR count). The molecular weight excluding hydrogens is 626 g/mol. The van der Waals surface area contributed by atoms with E-state index in [1.807, 2.05) is 0 Å². The topological polar surface area (TPSA) is 109 Å². The summed E-state index contributed by atoms with van der Waals surface area (Å²) in [6, 6.07) is 2.40. The van der Waals surface area contributed by atoms with E-state index in [0.717, 1.165) is 7.11 Å². The first-order valence-electron chi connectivity index (χ1n) is 14.4. The van der Waals surface area contributed by atoms with E-state index in [0.29, 0.717) is 24.1 Å². The van der Waals surface area contributed by atoms with Gasteiger partial charge < -0.3 is 18.6 Å². The van der Waals surface area contributed by atoms with E-state index < -0.39 is 93.5 Å². The number of Topliss-reactive ketones (excluding diaryl/α,β-unsaturated/α-hetero) is 1. The van der Waals surface area contributed by atoms with Crippen molar-refractivity contribution in [2.45, 2.75) is 64.1 Å². The second-order valence-corrected chi connectivity index (χ2v) is 12.5. The van der Waals surface area contributed by atoms with Crippen LogP contribution in [0.4, 0.5) is 26.3 Å². The summed E-state index contributed by atoms with van der Waals surface area (Å²) in [5.74, 6) is -5.83. The highest BCUT2D eigenvalue weighted by Crippen LogP contribution is 2.65. The Hall–Kier alpha value is -4.10. The monoisotopic (exact) mass is 656 g/mol. The van der Waals surface area contributed by atoms with Crippen molar-refractivity contribution in [2.24, 2.45) is 28.6 Å². The van der Waals surface area contributed by atoms with E-state index in [4.69, 9.17) is 18.6 Å². The van der Waals surface area contributed by atoms with Crippen LogP contribution in [0.25, 0.3) is 6.08 Å². The van der Waals surface area contributed by atoms with E-state index in [-0.39, 0.29) is 37.5 Å². The molecule has 2 heterocycles. The molecular formula is C32H30F6O8. The highest BCUT2D eigenvalue weighted by atomic mass is 19.4. The number of furan rings is 1. The summed E-state index contributed by atoms with van der Waals surface area (Å²) < 4.78 is 102. The highest BCUT2D eigenvalue weighted by Gasteiger charge is 2.67. The molecule has 1 saturated heterocycles. The number of methoxy groups -OCH3 is 1. The predicted molar refractivity (Wildman–Crippen MR) is 145 cm³/mol. The van der Waals surface area contributed by atoms with Crippen LogP contribution in [0.2, 0.25) is 0 Å². The number of alkyl halides is 6. The lowest BCUT2D eigenvalue weighted by Gasteiger charge is -2.60. The predicted octanol–water partition coefficient (Wildman–Crippen LogP) is 6.73. The lowest BCUT2D eigenvalue weighted by atomic mass is 9.43. The van der Waals surface area contributed by atoms with Gasteiger partial charge in [-0.05, 0) is 66.0 Å². The standard InChI is InChI=1S/C32H30F6O8/c1-29-10-8-20-28(42)46-23(17-9-11-44-15-17)14-30(20,2)26(29)25(40)22(13-21(29)27(41)43-3)45-24(39)7-4-16-12-18(31(33,34)35)5-6-19(16)32(36,37)38/h4-7,9,11-12,15,20-23,26H,8,10,13-14H2,1-3H3/b7-4+/t20-,21-,22-,23-,26-,29-,30-/m0/s1. The van der Waals surface area contributed by atoms with Crippen molar-refractivity contribution in [3.05, 3.63) is 65.1 Å². The molecule has 0 spiro atoms. The van der Waals surface area contributed by atoms with E-state index in [2.05, 4.69) is 0 Å². The summed E-state index contributed by atoms with van der Waals surface area (Å²) in [7, 11) is 1.16. The Balaban J connectivity index is 1.47. The second-order valence-electron chi connectivity index (χ2n) is 12.5. The number of halogens is 6. The maximum atomic E-state index is 14.2. The van der Waals surface area contributed by atoms with Crippen molar-refractivity contribution in [3.63, 3.8) is 0 Å². The second kappa shape index (κ2) is 11.6. The molecule has 2 saturated carbocycles. The number of cyclic esters (lactones) is 1. The van der Waals surface area contributed by atoms with Gasteiger partial charge in [0.05, 0.1) is 42.6 Å². The molecule has 3 fully saturated rings. The molecule has 2 aromatic rings. The van der Waals surface area contributed by atoms with Crippen molar-refractivity contribution in [2.75, 3.05) is 7.11 Å². The number of ketones is 1. The molecule has 46 heavy (non-hydrogen) atoms. The van der Waals surface area contributed by atoms with Crippen LogP contribution in [-0.2, 0) is 45.7 Å². The molecule has 2 aliphatic carbocycles. The smallest absolute Gasteiger partial charge is 0.416 e. The molecule has 14 heteroatoms. The Morgan fingerprint density at radius 3 is 2.35 bits per heavy atom. The Bertz CT molecular complexity index is 1560. The van der Waals surface area contributed by atoms with Gasteiger partial charge in [0.25, 0.3) is 0 Å². The van der Waals surface area contributed by atoms with Crippen LogP contribution in [0.15, 0.2) is 47.3 Å². The maximum absolute atomic E-state index is 14.2. The minimum Gasteiger partial charge on any atom is -0.472 e. The third-order valence-corrected chi connectivity index (χ3v) is 9.84. The van der Waals surface area contributed by atoms with Gasteiger partial charge in [-0.25, -0.2) is 4.79 Å². The average molecular weight is 657 g/mol. The molecule has 0 radical (unpaired) electrons. The minimum atomic E-state index is -5.03. The van der Waals surface area contributed by atoms with Crippen LogP contribution >= 0.6 is 0 Å². The van der Waals surface area contributed by atoms with Crippen molar-refractivity contribution in [1.82, 2.24) is 0 Å². The lowest BCUT2D eigenvalue weighted by Crippen LogP contribution is -2.64. The summed E-state index contributed by atoms with van der Waals surface area (Å²) in [5, 5.41) is 0. The van der Waals surface area contributed by atoms with Crippen LogP contribution in [0.3, 0.4) is 0 Å². The summed E-state index contributed by atoms with van der Waals surface area (Å²) in [6.45, 7) is 3.49. The molecule has 0 unspecified atom stereocenters. The van der Waals surface area contributed by atoms with Crippen molar-refractivity contribution in [1.29, 1.82) is 0 Å². The normalized spacial score (nSPS) is 31.5. The molecule has 1 aliphatic heterocycles. The quantitative estimate of drug-likeness (QED) is 0.151. The number of hydrogen-bond acceptors (Lipinski definition) is 8. The van der Waals surface area contributed by atoms with Gasteiger partial charge >= 0.3 is 30.3 Å². The van der Waals surface area contributed by atoms with Crippen molar-refractivity contribution >= 4 is 29.8 Å². The fourth-order valence-electron chi connectivity index (χ4n) is 7.74. The van der Waals surface area contributed by atoms with Gasteiger partial charge in [-0.15, -0.1) is 0 Å². The maximum Gasteiger partial charge on any atom is 0.416 e. The summed E-state index contributed by atoms with van der Waals surface area (Å²) in [6.07, 6.45) is -8.01. The Morgan fingerprint density at radius 1 is 1.02 bits per heavy atom. The lowest BCUT2D eigenvalue weighted by molar-refractivity contribution is -0.210. The number of carbonyl (C=O) groups is 4. The van der Waals surface area contributed by atoms with Gasteiger partial charge in [0, 0.05) is 24.0 Å². The number of benzene rings is 1. The highest BCUT2D eigenvalue weighted by molar-refractivity contribution is 5.95. The largest absolute Gasteiger partial charge is 0.472 e. The Morgan fingerprint density at radius 2 is 1.74 bits per heavy atom. The van der Waals surface area contributed by atoms with Crippen LogP contribution in [0, 0.1) is 28.6 Å². The van der Waals surface area contributed by atoms with E-state index in [9.17, 15) is 45.5 Å². The number of rotatable bonds is 5. The van der Waals surface area contributed by atoms with Crippen LogP contribution < -0.4 is 0 Å². The fraction of sp³-hybridized carbons (Fsp3) is 0.500. The van der Waals surface area contributed by atoms with Crippen LogP contribution in [0.1, 0.15) is 67.9 Å². The van der Waals surface area contributed by atoms with Crippen LogP contribution in [-0.4, -0.2) is 36.9 Å². The molecule has 3 aliphatic rings. The van der Waals surface area contributed by atoms with Gasteiger partial charge in [0.1, 0.15) is 6.10 Å². The van der Waals surface area contributed by atoms with Gasteiger partial charge in [-0.3, -0.25) is 14.4 Å². The van der Waals surface area contributed by atoms with Crippen LogP contribution in [0.5, 0.6) is 0 Å². The minimum absolute atomic E-state index is 0.180. The van der Waals surface area contributed by atoms with Crippen molar-refractivity contribution in [3.8, 4) is 0 Å². The van der Waals surface area contributed by atoms with E-state index >= 15 is 0 Å². The Labute approximate surface area is 259 Å². The van der Waals surface area contributed by atoms with Crippen molar-refractivity contribution < 1.29 is 64.1 Å². The first-order chi connectivity index (χ1) is 21.4. The van der Waals surface area contributed by atoms with Gasteiger partial charge in [-0.2, -0.15) is 26.3 Å². The number of fused-ring (bicyclic) bond motifs is 3. The molecule has 1 aromatic carbocycles. The molecule has 0 N–H and O–H groups in total. The van der Waals surface area contributed by atoms with Gasteiger partial charge in [0.15, 0.2) is 11.9 Å². The summed E-state index contributed by atoms with van der Waals surface area (Å²) in [4.78, 5) is 53.5. The molecule has 1 aromatic heterocycles. The first kappa shape index (κ1) is 33.3. The number of hydrogen-bond donors (Lipinski definition) is 0. The SMILES string of the molecule is COC(=O)[C@@H]1C[C@H](OC(=O)/C=C/c2cc(C(F)(F)F)ccc2C(F)(F)F)C(=O)[C@H]2[C@@]1(C)CC[C@H]1C(=O)O[C@H](c3ccoc3)C[C@]21C. The summed E-state index contributed by atoms with van der Waals surface area (Å²) >= 11 is 0. The third kappa shape index (κ3) is 5.81. The number of ether oxygens (including phenoxy) is 3. The van der Waals surface area contributed by atoms with Gasteiger partial charge in [-0.1, -0.05) is 13.8 Å². The van der Waals surface area contributed by atoms with Gasteiger partial charge in [0.2, 0.25) is 0 Å². The molecule has 8 nitrogen and oxygen atoms in total. The zero-order valence-electron chi connectivity index (χ0n) is 24.9. The van der Waals surface area contributed by atoms with E-state index in [1.54, 1.807) is 19.9 Å². The van der Waals surface area contributed by atoms with E-state index in [1.165, 1.54) is 12.5 Å². The zero-order valence-corrected chi connectivity index (χ0v) is 24.9. The third-order valence-electron chi connectivity index (χ3n) is 9.84. The number of esters is 3. The Kier molecular flexibility index (Phi) is 8.39. The molecule has 0 bridgehead atoms. The molecule has 248 valence electrons. The first-order valence-corrected chi connectivity index (χ1v) is 14.4. The molecule has 0 amide bonds. The average Bonchev–Trinajstić information content (AvgIpc) is 3.51. The number of carbonyl (C=O) groups excluding carboxylic acids is 4. The fourth-order valence-corrected chi connectivity index (χ4v) is 7.74. The molecule has 7 atom stereocenters. The summed E-state index contributed by atoms with van der Waals surface area (Å²) in [5.41, 5.74) is -5.26. The zero-order chi connectivity index (χ0) is 33.8.